The summed E-state index contributed by atoms with van der Waals surface area (Å²) < 4.78 is 18.4. The molecule has 0 unspecified atom stereocenters. The van der Waals surface area contributed by atoms with Gasteiger partial charge in [0.05, 0.1) is 5.56 Å². The molecule has 1 heterocycles. The molecule has 0 aliphatic heterocycles. The number of carbonyl (C=O) groups excluding carboxylic acids is 1. The van der Waals surface area contributed by atoms with E-state index in [1.165, 1.54) is 18.2 Å². The zero-order valence-corrected chi connectivity index (χ0v) is 15.1. The summed E-state index contributed by atoms with van der Waals surface area (Å²) in [5.74, 6) is -1.70. The van der Waals surface area contributed by atoms with E-state index in [4.69, 9.17) is 4.74 Å². The minimum atomic E-state index is -1.10. The van der Waals surface area contributed by atoms with Gasteiger partial charge in [-0.25, -0.2) is 14.6 Å². The Kier molecular flexibility index (Phi) is 5.59. The topological polar surface area (TPSA) is 88.5 Å². The number of ether oxygens (including phenoxy) is 1. The number of halogens is 1. The van der Waals surface area contributed by atoms with E-state index in [9.17, 15) is 19.1 Å². The Morgan fingerprint density at radius 2 is 1.92 bits per heavy atom. The number of carboxylic acid groups (broad SMARTS) is 1. The zero-order valence-electron chi connectivity index (χ0n) is 15.1. The quantitative estimate of drug-likeness (QED) is 0.807. The molecule has 6 nitrogen and oxygen atoms in total. The molecule has 1 aromatic heterocycles. The van der Waals surface area contributed by atoms with Gasteiger partial charge < -0.3 is 15.2 Å². The molecular formula is C19H21FN2O4. The first-order chi connectivity index (χ1) is 12.0. The van der Waals surface area contributed by atoms with Crippen molar-refractivity contribution in [2.75, 3.05) is 0 Å². The molecule has 0 fully saturated rings. The molecule has 7 heteroatoms. The molecule has 26 heavy (non-hydrogen) atoms. The fourth-order valence-electron chi connectivity index (χ4n) is 2.40. The summed E-state index contributed by atoms with van der Waals surface area (Å²) in [4.78, 5) is 27.0. The van der Waals surface area contributed by atoms with Crippen LogP contribution in [0.4, 0.5) is 9.18 Å². The van der Waals surface area contributed by atoms with E-state index in [1.807, 2.05) is 0 Å². The minimum Gasteiger partial charge on any atom is -0.478 e. The zero-order chi connectivity index (χ0) is 19.5. The second kappa shape index (κ2) is 7.51. The molecule has 2 N–H and O–H groups in total. The second-order valence-corrected chi connectivity index (χ2v) is 6.85. The van der Waals surface area contributed by atoms with Crippen molar-refractivity contribution < 1.29 is 23.8 Å². The molecule has 0 spiro atoms. The summed E-state index contributed by atoms with van der Waals surface area (Å²) in [5, 5.41) is 11.9. The number of amides is 1. The van der Waals surface area contributed by atoms with Crippen molar-refractivity contribution in [3.63, 3.8) is 0 Å². The van der Waals surface area contributed by atoms with Crippen LogP contribution >= 0.6 is 0 Å². The number of carboxylic acids is 1. The van der Waals surface area contributed by atoms with Gasteiger partial charge in [-0.05, 0) is 69.2 Å². The first kappa shape index (κ1) is 19.4. The third-order valence-electron chi connectivity index (χ3n) is 3.44. The first-order valence-electron chi connectivity index (χ1n) is 8.03. The summed E-state index contributed by atoms with van der Waals surface area (Å²) in [5.41, 5.74) is 1.65. The minimum absolute atomic E-state index is 0.0622. The third kappa shape index (κ3) is 5.27. The third-order valence-corrected chi connectivity index (χ3v) is 3.44. The van der Waals surface area contributed by atoms with Crippen molar-refractivity contribution in [1.82, 2.24) is 10.3 Å². The van der Waals surface area contributed by atoms with Gasteiger partial charge in [0.25, 0.3) is 0 Å². The molecule has 0 saturated heterocycles. The summed E-state index contributed by atoms with van der Waals surface area (Å²) in [7, 11) is 0. The number of aromatic nitrogens is 1. The number of aryl methyl sites for hydroxylation is 1. The summed E-state index contributed by atoms with van der Waals surface area (Å²) in [6.45, 7) is 6.99. The average molecular weight is 360 g/mol. The Labute approximate surface area is 151 Å². The molecular weight excluding hydrogens is 339 g/mol. The van der Waals surface area contributed by atoms with Gasteiger partial charge in [0.2, 0.25) is 5.95 Å². The Morgan fingerprint density at radius 3 is 2.50 bits per heavy atom. The molecule has 0 atom stereocenters. The lowest BCUT2D eigenvalue weighted by molar-refractivity contribution is 0.0523. The van der Waals surface area contributed by atoms with E-state index in [-0.39, 0.29) is 12.1 Å². The van der Waals surface area contributed by atoms with Crippen LogP contribution in [-0.2, 0) is 11.3 Å². The SMILES string of the molecule is Cc1nc(F)ccc1-c1cc(CNC(=O)OC(C)(C)C)cc(C(=O)O)c1. The van der Waals surface area contributed by atoms with Gasteiger partial charge in [-0.3, -0.25) is 0 Å². The monoisotopic (exact) mass is 360 g/mol. The molecule has 2 rings (SSSR count). The van der Waals surface area contributed by atoms with Crippen LogP contribution in [0.25, 0.3) is 11.1 Å². The highest BCUT2D eigenvalue weighted by atomic mass is 19.1. The Morgan fingerprint density at radius 1 is 1.23 bits per heavy atom. The van der Waals surface area contributed by atoms with Crippen molar-refractivity contribution >= 4 is 12.1 Å². The maximum absolute atomic E-state index is 13.2. The molecule has 2 aromatic rings. The fraction of sp³-hybridized carbons (Fsp3) is 0.316. The summed E-state index contributed by atoms with van der Waals surface area (Å²) >= 11 is 0. The second-order valence-electron chi connectivity index (χ2n) is 6.85. The van der Waals surface area contributed by atoms with Gasteiger partial charge in [0.1, 0.15) is 5.60 Å². The lowest BCUT2D eigenvalue weighted by atomic mass is 9.99. The predicted molar refractivity (Wildman–Crippen MR) is 94.4 cm³/mol. The van der Waals surface area contributed by atoms with Gasteiger partial charge in [0, 0.05) is 17.8 Å². The van der Waals surface area contributed by atoms with Crippen LogP contribution in [0.5, 0.6) is 0 Å². The number of nitrogens with zero attached hydrogens (tertiary/aromatic N) is 1. The van der Waals surface area contributed by atoms with E-state index in [0.29, 0.717) is 22.4 Å². The standard InChI is InChI=1S/C19H21FN2O4/c1-11-15(5-6-16(20)22-11)13-7-12(8-14(9-13)17(23)24)10-21-18(25)26-19(2,3)4/h5-9H,10H2,1-4H3,(H,21,25)(H,23,24). The summed E-state index contributed by atoms with van der Waals surface area (Å²) in [6, 6.07) is 7.44. The first-order valence-corrected chi connectivity index (χ1v) is 8.03. The number of alkyl carbamates (subject to hydrolysis) is 1. The normalized spacial score (nSPS) is 11.1. The number of aromatic carboxylic acids is 1. The Balaban J connectivity index is 2.31. The van der Waals surface area contributed by atoms with Crippen LogP contribution in [-0.4, -0.2) is 27.8 Å². The molecule has 1 amide bonds. The molecule has 0 aliphatic carbocycles. The maximum atomic E-state index is 13.2. The van der Waals surface area contributed by atoms with Crippen LogP contribution in [0.2, 0.25) is 0 Å². The van der Waals surface area contributed by atoms with Gasteiger partial charge in [-0.2, -0.15) is 4.39 Å². The highest BCUT2D eigenvalue weighted by Gasteiger charge is 2.16. The van der Waals surface area contributed by atoms with Gasteiger partial charge in [0.15, 0.2) is 0 Å². The molecule has 138 valence electrons. The number of benzene rings is 1. The fourth-order valence-corrected chi connectivity index (χ4v) is 2.40. The van der Waals surface area contributed by atoms with E-state index in [1.54, 1.807) is 39.8 Å². The smallest absolute Gasteiger partial charge is 0.407 e. The van der Waals surface area contributed by atoms with Crippen molar-refractivity contribution in [2.24, 2.45) is 0 Å². The molecule has 0 bridgehead atoms. The highest BCUT2D eigenvalue weighted by molar-refractivity contribution is 5.90. The number of nitrogens with one attached hydrogen (secondary N) is 1. The molecule has 0 aliphatic rings. The molecule has 1 aromatic carbocycles. The van der Waals surface area contributed by atoms with Crippen molar-refractivity contribution in [1.29, 1.82) is 0 Å². The Bertz CT molecular complexity index is 844. The van der Waals surface area contributed by atoms with Gasteiger partial charge >= 0.3 is 12.1 Å². The highest BCUT2D eigenvalue weighted by Crippen LogP contribution is 2.25. The molecule has 0 saturated carbocycles. The van der Waals surface area contributed by atoms with Crippen LogP contribution < -0.4 is 5.32 Å². The van der Waals surface area contributed by atoms with Crippen LogP contribution in [0.1, 0.15) is 42.4 Å². The van der Waals surface area contributed by atoms with Crippen LogP contribution in [0, 0.1) is 12.9 Å². The van der Waals surface area contributed by atoms with E-state index < -0.39 is 23.6 Å². The number of hydrogen-bond donors (Lipinski definition) is 2. The maximum Gasteiger partial charge on any atom is 0.407 e. The van der Waals surface area contributed by atoms with Crippen molar-refractivity contribution in [3.8, 4) is 11.1 Å². The number of hydrogen-bond acceptors (Lipinski definition) is 4. The lowest BCUT2D eigenvalue weighted by Gasteiger charge is -2.19. The largest absolute Gasteiger partial charge is 0.478 e. The lowest BCUT2D eigenvalue weighted by Crippen LogP contribution is -2.32. The number of rotatable bonds is 4. The van der Waals surface area contributed by atoms with E-state index >= 15 is 0 Å². The Hall–Kier alpha value is -2.96. The van der Waals surface area contributed by atoms with Crippen molar-refractivity contribution in [3.05, 3.63) is 53.1 Å². The van der Waals surface area contributed by atoms with Gasteiger partial charge in [-0.1, -0.05) is 0 Å². The number of pyridine rings is 1. The summed E-state index contributed by atoms with van der Waals surface area (Å²) in [6.07, 6.45) is -0.598. The van der Waals surface area contributed by atoms with Gasteiger partial charge in [-0.15, -0.1) is 0 Å². The average Bonchev–Trinajstić information content (AvgIpc) is 2.51. The van der Waals surface area contributed by atoms with E-state index in [2.05, 4.69) is 10.3 Å². The molecule has 0 radical (unpaired) electrons. The van der Waals surface area contributed by atoms with Crippen LogP contribution in [0.3, 0.4) is 0 Å². The van der Waals surface area contributed by atoms with E-state index in [0.717, 1.165) is 0 Å². The predicted octanol–water partition coefficient (Wildman–Crippen LogP) is 3.92. The number of carbonyl (C=O) groups is 2. The van der Waals surface area contributed by atoms with Crippen LogP contribution in [0.15, 0.2) is 30.3 Å². The van der Waals surface area contributed by atoms with Crippen molar-refractivity contribution in [2.45, 2.75) is 39.8 Å².